The largest absolute Gasteiger partial charge is 0.336 e. The van der Waals surface area contributed by atoms with Gasteiger partial charge < -0.3 is 10.2 Å². The van der Waals surface area contributed by atoms with Gasteiger partial charge in [-0.15, -0.1) is 11.3 Å². The molecule has 24 heavy (non-hydrogen) atoms. The Balaban J connectivity index is 1.73. The Morgan fingerprint density at radius 3 is 2.62 bits per heavy atom. The summed E-state index contributed by atoms with van der Waals surface area (Å²) >= 11 is 1.62. The Hall–Kier alpha value is -1.88. The summed E-state index contributed by atoms with van der Waals surface area (Å²) in [5, 5.41) is 6.10. The van der Waals surface area contributed by atoms with Crippen LogP contribution in [0.3, 0.4) is 0 Å². The number of aromatic nitrogens is 1. The number of para-hydroxylation sites is 1. The van der Waals surface area contributed by atoms with Gasteiger partial charge >= 0.3 is 0 Å². The molecule has 5 heteroatoms. The van der Waals surface area contributed by atoms with Gasteiger partial charge in [0.25, 0.3) is 0 Å². The Morgan fingerprint density at radius 1 is 1.33 bits per heavy atom. The van der Waals surface area contributed by atoms with Crippen molar-refractivity contribution in [1.82, 2.24) is 4.98 Å². The number of aryl methyl sites for hydroxylation is 1. The van der Waals surface area contributed by atoms with E-state index in [2.05, 4.69) is 42.0 Å². The quantitative estimate of drug-likeness (QED) is 0.877. The molecule has 1 aromatic carbocycles. The Kier molecular flexibility index (Phi) is 4.63. The van der Waals surface area contributed by atoms with Crippen molar-refractivity contribution < 1.29 is 4.79 Å². The SMILES string of the molecule is Cc1csc(N(CC(=O)Nc2ccccc2C(C)(C)C)C2CC2)n1. The molecule has 1 aromatic heterocycles. The molecular weight excluding hydrogens is 318 g/mol. The summed E-state index contributed by atoms with van der Waals surface area (Å²) in [6, 6.07) is 8.50. The maximum Gasteiger partial charge on any atom is 0.243 e. The molecule has 1 aliphatic rings. The number of nitrogens with zero attached hydrogens (tertiary/aromatic N) is 2. The predicted molar refractivity (Wildman–Crippen MR) is 101 cm³/mol. The van der Waals surface area contributed by atoms with Crippen LogP contribution in [0.25, 0.3) is 0 Å². The van der Waals surface area contributed by atoms with Gasteiger partial charge in [-0.3, -0.25) is 4.79 Å². The van der Waals surface area contributed by atoms with Crippen molar-refractivity contribution in [2.45, 2.75) is 52.0 Å². The minimum absolute atomic E-state index is 0.00747. The van der Waals surface area contributed by atoms with Gasteiger partial charge in [-0.1, -0.05) is 39.0 Å². The van der Waals surface area contributed by atoms with E-state index in [1.807, 2.05) is 30.5 Å². The van der Waals surface area contributed by atoms with E-state index >= 15 is 0 Å². The average molecular weight is 343 g/mol. The fourth-order valence-corrected chi connectivity index (χ4v) is 3.68. The Bertz CT molecular complexity index is 728. The van der Waals surface area contributed by atoms with Crippen molar-refractivity contribution in [1.29, 1.82) is 0 Å². The number of nitrogens with one attached hydrogen (secondary N) is 1. The first-order valence-electron chi connectivity index (χ1n) is 8.43. The molecule has 1 amide bonds. The van der Waals surface area contributed by atoms with Crippen LogP contribution < -0.4 is 10.2 Å². The number of carbonyl (C=O) groups excluding carboxylic acids is 1. The lowest BCUT2D eigenvalue weighted by Gasteiger charge is -2.24. The highest BCUT2D eigenvalue weighted by atomic mass is 32.1. The smallest absolute Gasteiger partial charge is 0.243 e. The van der Waals surface area contributed by atoms with E-state index in [0.717, 1.165) is 34.9 Å². The van der Waals surface area contributed by atoms with E-state index in [1.165, 1.54) is 0 Å². The molecule has 3 rings (SSSR count). The van der Waals surface area contributed by atoms with Gasteiger partial charge in [0.05, 0.1) is 12.2 Å². The third-order valence-electron chi connectivity index (χ3n) is 4.16. The molecular formula is C19H25N3OS. The number of anilines is 2. The van der Waals surface area contributed by atoms with E-state index in [9.17, 15) is 4.79 Å². The van der Waals surface area contributed by atoms with Crippen LogP contribution in [0.5, 0.6) is 0 Å². The third-order valence-corrected chi connectivity index (χ3v) is 5.16. The van der Waals surface area contributed by atoms with E-state index in [4.69, 9.17) is 0 Å². The first-order valence-corrected chi connectivity index (χ1v) is 9.30. The normalized spacial score (nSPS) is 14.5. The van der Waals surface area contributed by atoms with Gasteiger partial charge in [0.1, 0.15) is 0 Å². The Labute approximate surface area is 147 Å². The molecule has 0 bridgehead atoms. The summed E-state index contributed by atoms with van der Waals surface area (Å²) < 4.78 is 0. The number of amides is 1. The number of benzene rings is 1. The van der Waals surface area contributed by atoms with Crippen LogP contribution in [-0.2, 0) is 10.2 Å². The molecule has 2 aromatic rings. The number of thiazole rings is 1. The predicted octanol–water partition coefficient (Wildman–Crippen LogP) is 4.36. The van der Waals surface area contributed by atoms with Crippen molar-refractivity contribution in [3.63, 3.8) is 0 Å². The Morgan fingerprint density at radius 2 is 2.04 bits per heavy atom. The van der Waals surface area contributed by atoms with E-state index in [0.29, 0.717) is 12.6 Å². The summed E-state index contributed by atoms with van der Waals surface area (Å²) in [5.41, 5.74) is 3.06. The minimum Gasteiger partial charge on any atom is -0.336 e. The number of rotatable bonds is 5. The van der Waals surface area contributed by atoms with Crippen LogP contribution in [0.15, 0.2) is 29.6 Å². The van der Waals surface area contributed by atoms with Crippen LogP contribution in [0.4, 0.5) is 10.8 Å². The van der Waals surface area contributed by atoms with Gasteiger partial charge in [0.2, 0.25) is 5.91 Å². The van der Waals surface area contributed by atoms with Gasteiger partial charge in [-0.2, -0.15) is 0 Å². The molecule has 1 N–H and O–H groups in total. The van der Waals surface area contributed by atoms with Crippen LogP contribution in [-0.4, -0.2) is 23.5 Å². The second-order valence-corrected chi connectivity index (χ2v) is 8.31. The minimum atomic E-state index is -0.00747. The van der Waals surface area contributed by atoms with E-state index in [-0.39, 0.29) is 11.3 Å². The van der Waals surface area contributed by atoms with E-state index in [1.54, 1.807) is 11.3 Å². The third kappa shape index (κ3) is 3.96. The summed E-state index contributed by atoms with van der Waals surface area (Å²) in [4.78, 5) is 19.3. The van der Waals surface area contributed by atoms with Gasteiger partial charge in [0.15, 0.2) is 5.13 Å². The van der Waals surface area contributed by atoms with Crippen molar-refractivity contribution >= 4 is 28.1 Å². The summed E-state index contributed by atoms with van der Waals surface area (Å²) in [7, 11) is 0. The lowest BCUT2D eigenvalue weighted by molar-refractivity contribution is -0.115. The molecule has 0 atom stereocenters. The highest BCUT2D eigenvalue weighted by Crippen LogP contribution is 2.34. The molecule has 0 aliphatic heterocycles. The summed E-state index contributed by atoms with van der Waals surface area (Å²) in [6.07, 6.45) is 2.29. The summed E-state index contributed by atoms with van der Waals surface area (Å²) in [6.45, 7) is 8.83. The van der Waals surface area contributed by atoms with Gasteiger partial charge in [0, 0.05) is 17.1 Å². The highest BCUT2D eigenvalue weighted by Gasteiger charge is 2.32. The second kappa shape index (κ2) is 6.55. The molecule has 0 spiro atoms. The van der Waals surface area contributed by atoms with Crippen LogP contribution >= 0.6 is 11.3 Å². The molecule has 1 fully saturated rings. The lowest BCUT2D eigenvalue weighted by Crippen LogP contribution is -2.35. The monoisotopic (exact) mass is 343 g/mol. The van der Waals surface area contributed by atoms with Crippen LogP contribution in [0.1, 0.15) is 44.9 Å². The van der Waals surface area contributed by atoms with Crippen molar-refractivity contribution in [3.8, 4) is 0 Å². The fraction of sp³-hybridized carbons (Fsp3) is 0.474. The van der Waals surface area contributed by atoms with Crippen molar-refractivity contribution in [3.05, 3.63) is 40.9 Å². The molecule has 128 valence electrons. The summed E-state index contributed by atoms with van der Waals surface area (Å²) in [5.74, 6) is 0.0199. The number of carbonyl (C=O) groups is 1. The van der Waals surface area contributed by atoms with E-state index < -0.39 is 0 Å². The molecule has 0 saturated heterocycles. The molecule has 0 unspecified atom stereocenters. The fourth-order valence-electron chi connectivity index (χ4n) is 2.80. The first-order chi connectivity index (χ1) is 11.3. The van der Waals surface area contributed by atoms with Gasteiger partial charge in [-0.25, -0.2) is 4.98 Å². The van der Waals surface area contributed by atoms with Crippen molar-refractivity contribution in [2.75, 3.05) is 16.8 Å². The molecule has 1 saturated carbocycles. The topological polar surface area (TPSA) is 45.2 Å². The van der Waals surface area contributed by atoms with Crippen LogP contribution in [0, 0.1) is 6.92 Å². The first kappa shape index (κ1) is 17.0. The van der Waals surface area contributed by atoms with Crippen LogP contribution in [0.2, 0.25) is 0 Å². The van der Waals surface area contributed by atoms with Crippen molar-refractivity contribution in [2.24, 2.45) is 0 Å². The zero-order chi connectivity index (χ0) is 17.3. The zero-order valence-electron chi connectivity index (χ0n) is 14.8. The molecule has 1 heterocycles. The molecule has 0 radical (unpaired) electrons. The molecule has 4 nitrogen and oxygen atoms in total. The standard InChI is InChI=1S/C19H25N3OS/c1-13-12-24-18(20-13)22(14-9-10-14)11-17(23)21-16-8-6-5-7-15(16)19(2,3)4/h5-8,12,14H,9-11H2,1-4H3,(H,21,23). The molecule has 1 aliphatic carbocycles. The average Bonchev–Trinajstić information content (AvgIpc) is 3.26. The maximum absolute atomic E-state index is 12.6. The second-order valence-electron chi connectivity index (χ2n) is 7.47. The van der Waals surface area contributed by atoms with Gasteiger partial charge in [-0.05, 0) is 36.8 Å². The number of hydrogen-bond donors (Lipinski definition) is 1. The lowest BCUT2D eigenvalue weighted by atomic mass is 9.86. The maximum atomic E-state index is 12.6. The zero-order valence-corrected chi connectivity index (χ0v) is 15.6. The number of hydrogen-bond acceptors (Lipinski definition) is 4. The highest BCUT2D eigenvalue weighted by molar-refractivity contribution is 7.13.